The van der Waals surface area contributed by atoms with Crippen molar-refractivity contribution in [3.05, 3.63) is 45.6 Å². The molecule has 0 amide bonds. The number of nitro groups is 1. The van der Waals surface area contributed by atoms with Gasteiger partial charge in [-0.2, -0.15) is 0 Å². The molecule has 1 aromatic rings. The Balaban J connectivity index is 2.26. The molecule has 0 aromatic heterocycles. The largest absolute Gasteiger partial charge is 0.358 e. The van der Waals surface area contributed by atoms with Crippen molar-refractivity contribution >= 4 is 11.4 Å². The predicted molar refractivity (Wildman–Crippen MR) is 72.4 cm³/mol. The molecule has 4 nitrogen and oxygen atoms in total. The summed E-state index contributed by atoms with van der Waals surface area (Å²) in [5, 5.41) is 14.1. The first-order chi connectivity index (χ1) is 8.38. The fourth-order valence-corrected chi connectivity index (χ4v) is 1.96. The van der Waals surface area contributed by atoms with Crippen molar-refractivity contribution < 1.29 is 4.92 Å². The minimum atomic E-state index is -0.369. The molecular formula is C14H18N2O2. The van der Waals surface area contributed by atoms with Crippen LogP contribution in [-0.4, -0.2) is 4.92 Å². The van der Waals surface area contributed by atoms with Crippen molar-refractivity contribution in [2.75, 3.05) is 5.32 Å². The highest BCUT2D eigenvalue weighted by Gasteiger charge is 2.27. The standard InChI is InChI=1S/C14H18N2O2/c1-14(2,3)13(10-7-8-10)15-11-5-4-6-12(9-11)16(17)18/h4-6,9,15H,7-8H2,1-3H3. The lowest BCUT2D eigenvalue weighted by Gasteiger charge is -2.24. The van der Waals surface area contributed by atoms with Gasteiger partial charge in [-0.1, -0.05) is 26.8 Å². The van der Waals surface area contributed by atoms with Crippen LogP contribution in [0.1, 0.15) is 33.6 Å². The van der Waals surface area contributed by atoms with Crippen molar-refractivity contribution in [2.45, 2.75) is 33.6 Å². The second kappa shape index (κ2) is 4.44. The van der Waals surface area contributed by atoms with Gasteiger partial charge in [0.15, 0.2) is 0 Å². The van der Waals surface area contributed by atoms with E-state index in [2.05, 4.69) is 26.1 Å². The van der Waals surface area contributed by atoms with Crippen LogP contribution in [0.15, 0.2) is 35.5 Å². The predicted octanol–water partition coefficient (Wildman–Crippen LogP) is 4.10. The van der Waals surface area contributed by atoms with Crippen LogP contribution in [0, 0.1) is 15.5 Å². The third-order valence-electron chi connectivity index (χ3n) is 2.93. The van der Waals surface area contributed by atoms with Gasteiger partial charge in [-0.3, -0.25) is 10.1 Å². The van der Waals surface area contributed by atoms with Gasteiger partial charge >= 0.3 is 0 Å². The Hall–Kier alpha value is -1.84. The lowest BCUT2D eigenvalue weighted by atomic mass is 9.91. The quantitative estimate of drug-likeness (QED) is 0.645. The second-order valence-electron chi connectivity index (χ2n) is 5.66. The first-order valence-corrected chi connectivity index (χ1v) is 6.12. The number of nitro benzene ring substituents is 1. The average molecular weight is 246 g/mol. The number of non-ortho nitro benzene ring substituents is 1. The number of anilines is 1. The highest BCUT2D eigenvalue weighted by atomic mass is 16.6. The Morgan fingerprint density at radius 1 is 1.33 bits per heavy atom. The van der Waals surface area contributed by atoms with Crippen LogP contribution < -0.4 is 5.32 Å². The molecule has 1 aromatic carbocycles. The molecule has 18 heavy (non-hydrogen) atoms. The van der Waals surface area contributed by atoms with Gasteiger partial charge in [-0.25, -0.2) is 0 Å². The topological polar surface area (TPSA) is 55.2 Å². The Bertz CT molecular complexity index is 507. The summed E-state index contributed by atoms with van der Waals surface area (Å²) in [7, 11) is 0. The fourth-order valence-electron chi connectivity index (χ4n) is 1.96. The SMILES string of the molecule is CC(C)(C)C(Nc1cccc([N+](=O)[O-])c1)=C1CC1. The lowest BCUT2D eigenvalue weighted by molar-refractivity contribution is -0.384. The highest BCUT2D eigenvalue weighted by Crippen LogP contribution is 2.40. The van der Waals surface area contributed by atoms with Gasteiger partial charge < -0.3 is 5.32 Å². The van der Waals surface area contributed by atoms with E-state index in [1.165, 1.54) is 17.3 Å². The van der Waals surface area contributed by atoms with E-state index < -0.39 is 0 Å². The number of hydrogen-bond donors (Lipinski definition) is 1. The van der Waals surface area contributed by atoms with E-state index in [1.807, 2.05) is 6.07 Å². The summed E-state index contributed by atoms with van der Waals surface area (Å²) >= 11 is 0. The Labute approximate surface area is 107 Å². The van der Waals surface area contributed by atoms with Gasteiger partial charge in [0, 0.05) is 28.9 Å². The third kappa shape index (κ3) is 2.88. The average Bonchev–Trinajstić information content (AvgIpc) is 3.08. The molecule has 1 fully saturated rings. The summed E-state index contributed by atoms with van der Waals surface area (Å²) in [5.41, 5.74) is 3.57. The molecule has 2 rings (SSSR count). The maximum absolute atomic E-state index is 10.7. The molecule has 0 saturated heterocycles. The zero-order valence-electron chi connectivity index (χ0n) is 11.0. The number of rotatable bonds is 3. The van der Waals surface area contributed by atoms with E-state index in [9.17, 15) is 10.1 Å². The summed E-state index contributed by atoms with van der Waals surface area (Å²) in [4.78, 5) is 10.4. The van der Waals surface area contributed by atoms with Gasteiger partial charge in [0.2, 0.25) is 0 Å². The van der Waals surface area contributed by atoms with Crippen molar-refractivity contribution in [1.29, 1.82) is 0 Å². The minimum absolute atomic E-state index is 0.0381. The first-order valence-electron chi connectivity index (χ1n) is 6.12. The Morgan fingerprint density at radius 3 is 2.50 bits per heavy atom. The van der Waals surface area contributed by atoms with Gasteiger partial charge in [0.1, 0.15) is 0 Å². The van der Waals surface area contributed by atoms with Crippen molar-refractivity contribution in [1.82, 2.24) is 0 Å². The van der Waals surface area contributed by atoms with Crippen molar-refractivity contribution in [2.24, 2.45) is 5.41 Å². The number of nitrogens with zero attached hydrogens (tertiary/aromatic N) is 1. The Kier molecular flexibility index (Phi) is 3.11. The van der Waals surface area contributed by atoms with E-state index in [4.69, 9.17) is 0 Å². The molecule has 0 heterocycles. The number of benzene rings is 1. The summed E-state index contributed by atoms with van der Waals surface area (Å²) in [6.07, 6.45) is 2.27. The van der Waals surface area contributed by atoms with E-state index in [0.29, 0.717) is 0 Å². The molecule has 0 unspecified atom stereocenters. The van der Waals surface area contributed by atoms with Gasteiger partial charge in [0.25, 0.3) is 5.69 Å². The zero-order valence-corrected chi connectivity index (χ0v) is 11.0. The minimum Gasteiger partial charge on any atom is -0.358 e. The smallest absolute Gasteiger partial charge is 0.271 e. The molecule has 0 spiro atoms. The van der Waals surface area contributed by atoms with Gasteiger partial charge in [0.05, 0.1) is 4.92 Å². The molecule has 1 N–H and O–H groups in total. The molecule has 96 valence electrons. The molecular weight excluding hydrogens is 228 g/mol. The normalized spacial score (nSPS) is 14.3. The zero-order chi connectivity index (χ0) is 13.3. The van der Waals surface area contributed by atoms with Crippen LogP contribution in [0.5, 0.6) is 0 Å². The van der Waals surface area contributed by atoms with Gasteiger partial charge in [-0.15, -0.1) is 0 Å². The molecule has 0 radical (unpaired) electrons. The number of allylic oxidation sites excluding steroid dienone is 2. The molecule has 1 aliphatic carbocycles. The maximum atomic E-state index is 10.7. The number of nitrogens with one attached hydrogen (secondary N) is 1. The summed E-state index contributed by atoms with van der Waals surface area (Å²) in [5.74, 6) is 0. The summed E-state index contributed by atoms with van der Waals surface area (Å²) in [6.45, 7) is 6.45. The first kappa shape index (κ1) is 12.6. The molecule has 1 saturated carbocycles. The van der Waals surface area contributed by atoms with Crippen molar-refractivity contribution in [3.63, 3.8) is 0 Å². The van der Waals surface area contributed by atoms with Crippen LogP contribution in [0.25, 0.3) is 0 Å². The van der Waals surface area contributed by atoms with Crippen LogP contribution in [-0.2, 0) is 0 Å². The van der Waals surface area contributed by atoms with E-state index in [-0.39, 0.29) is 16.0 Å². The van der Waals surface area contributed by atoms with Crippen molar-refractivity contribution in [3.8, 4) is 0 Å². The molecule has 0 bridgehead atoms. The molecule has 4 heteroatoms. The lowest BCUT2D eigenvalue weighted by Crippen LogP contribution is -2.17. The molecule has 1 aliphatic rings. The second-order valence-corrected chi connectivity index (χ2v) is 5.66. The fraction of sp³-hybridized carbons (Fsp3) is 0.429. The third-order valence-corrected chi connectivity index (χ3v) is 2.93. The van der Waals surface area contributed by atoms with Gasteiger partial charge in [-0.05, 0) is 24.5 Å². The Morgan fingerprint density at radius 2 is 2.00 bits per heavy atom. The van der Waals surface area contributed by atoms with E-state index >= 15 is 0 Å². The maximum Gasteiger partial charge on any atom is 0.271 e. The number of hydrogen-bond acceptors (Lipinski definition) is 3. The van der Waals surface area contributed by atoms with Crippen LogP contribution in [0.3, 0.4) is 0 Å². The highest BCUT2D eigenvalue weighted by molar-refractivity contribution is 5.56. The van der Waals surface area contributed by atoms with Crippen LogP contribution >= 0.6 is 0 Å². The molecule has 0 aliphatic heterocycles. The van der Waals surface area contributed by atoms with Crippen LogP contribution in [0.2, 0.25) is 0 Å². The van der Waals surface area contributed by atoms with E-state index in [0.717, 1.165) is 18.5 Å². The van der Waals surface area contributed by atoms with Crippen LogP contribution in [0.4, 0.5) is 11.4 Å². The molecule has 0 atom stereocenters. The monoisotopic (exact) mass is 246 g/mol. The summed E-state index contributed by atoms with van der Waals surface area (Å²) < 4.78 is 0. The van der Waals surface area contributed by atoms with E-state index in [1.54, 1.807) is 12.1 Å². The summed E-state index contributed by atoms with van der Waals surface area (Å²) in [6, 6.07) is 6.65.